The lowest BCUT2D eigenvalue weighted by Crippen LogP contribution is -2.47. The molecule has 0 radical (unpaired) electrons. The van der Waals surface area contributed by atoms with E-state index in [1.807, 2.05) is 0 Å². The number of carbonyl (C=O) groups is 4. The quantitative estimate of drug-likeness (QED) is 0.0389. The number of hydrogen-bond acceptors (Lipinski definition) is 13. The molecular weight excluding hydrogens is 653 g/mol. The van der Waals surface area contributed by atoms with Gasteiger partial charge >= 0.3 is 24.1 Å². The van der Waals surface area contributed by atoms with E-state index in [2.05, 4.69) is 30.7 Å². The maximum atomic E-state index is 13.1. The monoisotopic (exact) mass is 705 g/mol. The van der Waals surface area contributed by atoms with Gasteiger partial charge in [0.2, 0.25) is 4.91 Å². The van der Waals surface area contributed by atoms with Crippen LogP contribution in [0.15, 0.2) is 10.2 Å². The largest absolute Gasteiger partial charge is 0.458 e. The minimum Gasteiger partial charge on any atom is -0.458 e. The molecule has 0 spiro atoms. The van der Waals surface area contributed by atoms with Gasteiger partial charge in [-0.25, -0.2) is 19.2 Å². The van der Waals surface area contributed by atoms with Crippen LogP contribution in [-0.4, -0.2) is 82.2 Å². The van der Waals surface area contributed by atoms with Gasteiger partial charge in [0.1, 0.15) is 51.7 Å². The van der Waals surface area contributed by atoms with Crippen LogP contribution in [0.1, 0.15) is 102 Å². The molecular formula is C29H53N8O8S2+. The smallest absolute Gasteiger partial charge is 0.408 e. The second-order valence-corrected chi connectivity index (χ2v) is 17.4. The SMILES string of the molecule is CC(C)(C)OC(=O)N[C@@H](CCC(CN=[N+]=[N-])SSC(CN=[N+]=N)C[C@H](NC(=O)OC(C)(C)C)C(=O)OC(C)(C)C)C(=O)OC(C)(C)C. The number of azide groups is 1. The van der Waals surface area contributed by atoms with Crippen LogP contribution in [0.4, 0.5) is 9.59 Å². The zero-order chi connectivity index (χ0) is 36.6. The lowest BCUT2D eigenvalue weighted by Gasteiger charge is -2.28. The van der Waals surface area contributed by atoms with Crippen LogP contribution in [0.2, 0.25) is 0 Å². The maximum absolute atomic E-state index is 13.1. The summed E-state index contributed by atoms with van der Waals surface area (Å²) >= 11 is 0. The normalized spacial score (nSPS) is 14.6. The molecule has 0 aliphatic heterocycles. The maximum Gasteiger partial charge on any atom is 0.408 e. The fourth-order valence-corrected chi connectivity index (χ4v) is 6.36. The molecule has 0 fully saturated rings. The second kappa shape index (κ2) is 19.6. The molecule has 0 aliphatic carbocycles. The van der Waals surface area contributed by atoms with E-state index in [0.29, 0.717) is 6.42 Å². The number of nitrogens with zero attached hydrogens (tertiary/aromatic N) is 5. The van der Waals surface area contributed by atoms with Gasteiger partial charge in [-0.05, 0) is 108 Å². The Kier molecular flexibility index (Phi) is 18.2. The Hall–Kier alpha value is -3.20. The van der Waals surface area contributed by atoms with Gasteiger partial charge in [0.05, 0.1) is 0 Å². The summed E-state index contributed by atoms with van der Waals surface area (Å²) in [6.07, 6.45) is -1.12. The Balaban J connectivity index is 6.02. The summed E-state index contributed by atoms with van der Waals surface area (Å²) in [6, 6.07) is -2.17. The Morgan fingerprint density at radius 2 is 1.06 bits per heavy atom. The fraction of sp³-hybridized carbons (Fsp3) is 0.862. The molecule has 0 rings (SSSR count). The van der Waals surface area contributed by atoms with Crippen LogP contribution in [0.25, 0.3) is 10.4 Å². The van der Waals surface area contributed by atoms with Crippen molar-refractivity contribution in [2.45, 2.75) is 147 Å². The molecule has 2 amide bonds. The van der Waals surface area contributed by atoms with Gasteiger partial charge in [-0.2, -0.15) is 0 Å². The predicted molar refractivity (Wildman–Crippen MR) is 181 cm³/mol. The summed E-state index contributed by atoms with van der Waals surface area (Å²) in [6.45, 7) is 20.5. The average molecular weight is 706 g/mol. The van der Waals surface area contributed by atoms with E-state index >= 15 is 0 Å². The van der Waals surface area contributed by atoms with Crippen LogP contribution in [0.3, 0.4) is 0 Å². The third-order valence-electron chi connectivity index (χ3n) is 5.07. The lowest BCUT2D eigenvalue weighted by molar-refractivity contribution is -0.158. The highest BCUT2D eigenvalue weighted by atomic mass is 33.1. The minimum atomic E-state index is -1.12. The Morgan fingerprint density at radius 3 is 1.49 bits per heavy atom. The van der Waals surface area contributed by atoms with Crippen molar-refractivity contribution in [3.63, 3.8) is 0 Å². The van der Waals surface area contributed by atoms with E-state index in [9.17, 15) is 19.2 Å². The number of amides is 2. The number of ether oxygens (including phenoxy) is 4. The van der Waals surface area contributed by atoms with Gasteiger partial charge in [0, 0.05) is 22.0 Å². The topological polar surface area (TPSA) is 228 Å². The van der Waals surface area contributed by atoms with E-state index in [1.54, 1.807) is 83.1 Å². The van der Waals surface area contributed by atoms with Crippen LogP contribution in [0, 0.1) is 5.53 Å². The Labute approximate surface area is 285 Å². The standard InChI is InChI=1S/C29H52N8O8S2/c1-26(2,3)42-22(38)20(34-24(40)44-28(7,8)9)14-13-18(16-32-36-30)46-47-19(17-33-37-31)15-21(23(39)43-27(4,5)6)35-25(41)45-29(10,11)12/h18-21,31H,13-17H2,1-12H3,(H-,34,35,40,41)/p+1/t18?,19?,20-,21-/m0/s1. The number of hydrogen-bond donors (Lipinski definition) is 3. The molecule has 0 saturated heterocycles. The number of alkyl carbamates (subject to hydrolysis) is 2. The number of carbonyl (C=O) groups excluding carboxylic acids is 4. The van der Waals surface area contributed by atoms with Crippen molar-refractivity contribution in [2.75, 3.05) is 13.1 Å². The number of esters is 2. The Morgan fingerprint density at radius 1 is 0.660 bits per heavy atom. The second-order valence-electron chi connectivity index (χ2n) is 14.6. The van der Waals surface area contributed by atoms with E-state index < -0.39 is 63.9 Å². The number of nitrogens with one attached hydrogen (secondary N) is 3. The van der Waals surface area contributed by atoms with Crippen molar-refractivity contribution in [3.8, 4) is 0 Å². The molecule has 16 nitrogen and oxygen atoms in total. The Bertz CT molecular complexity index is 1150. The van der Waals surface area contributed by atoms with Gasteiger partial charge in [0.25, 0.3) is 0 Å². The highest BCUT2D eigenvalue weighted by Gasteiger charge is 2.33. The summed E-state index contributed by atoms with van der Waals surface area (Å²) in [5.74, 6) is -1.33. The van der Waals surface area contributed by atoms with E-state index in [0.717, 1.165) is 0 Å². The van der Waals surface area contributed by atoms with E-state index in [1.165, 1.54) is 21.6 Å². The van der Waals surface area contributed by atoms with Gasteiger partial charge in [0.15, 0.2) is 0 Å². The molecule has 18 heteroatoms. The van der Waals surface area contributed by atoms with Gasteiger partial charge in [-0.3, -0.25) is 0 Å². The van der Waals surface area contributed by atoms with Crippen LogP contribution in [0.5, 0.6) is 0 Å². The van der Waals surface area contributed by atoms with Crippen molar-refractivity contribution in [1.29, 1.82) is 5.53 Å². The molecule has 2 unspecified atom stereocenters. The first-order chi connectivity index (χ1) is 21.3. The summed E-state index contributed by atoms with van der Waals surface area (Å²) in [4.78, 5) is 57.2. The third-order valence-corrected chi connectivity index (χ3v) is 8.42. The summed E-state index contributed by atoms with van der Waals surface area (Å²) < 4.78 is 21.7. The minimum absolute atomic E-state index is 0.0193. The highest BCUT2D eigenvalue weighted by Crippen LogP contribution is 2.36. The van der Waals surface area contributed by atoms with Crippen molar-refractivity contribution in [2.24, 2.45) is 10.2 Å². The molecule has 0 aromatic carbocycles. The highest BCUT2D eigenvalue weighted by molar-refractivity contribution is 8.77. The summed E-state index contributed by atoms with van der Waals surface area (Å²) in [5.41, 5.74) is 12.9. The molecule has 0 bridgehead atoms. The van der Waals surface area contributed by atoms with Crippen molar-refractivity contribution in [1.82, 2.24) is 15.5 Å². The molecule has 4 atom stereocenters. The molecule has 0 saturated carbocycles. The predicted octanol–water partition coefficient (Wildman–Crippen LogP) is 6.61. The van der Waals surface area contributed by atoms with Crippen LogP contribution >= 0.6 is 21.6 Å². The van der Waals surface area contributed by atoms with Gasteiger partial charge < -0.3 is 29.6 Å². The summed E-state index contributed by atoms with van der Waals surface area (Å²) in [7, 11) is 2.59. The first-order valence-corrected chi connectivity index (χ1v) is 17.4. The lowest BCUT2D eigenvalue weighted by atomic mass is 10.1. The third kappa shape index (κ3) is 23.7. The van der Waals surface area contributed by atoms with Crippen LogP contribution in [-0.2, 0) is 28.5 Å². The molecule has 0 aliphatic rings. The van der Waals surface area contributed by atoms with Crippen LogP contribution < -0.4 is 15.5 Å². The molecule has 47 heavy (non-hydrogen) atoms. The van der Waals surface area contributed by atoms with E-state index in [-0.39, 0.29) is 31.2 Å². The average Bonchev–Trinajstić information content (AvgIpc) is 2.85. The molecule has 0 aromatic heterocycles. The zero-order valence-electron chi connectivity index (χ0n) is 29.7. The summed E-state index contributed by atoms with van der Waals surface area (Å²) in [5, 5.41) is 11.8. The zero-order valence-corrected chi connectivity index (χ0v) is 31.3. The fourth-order valence-electron chi connectivity index (χ4n) is 3.45. The molecule has 0 heterocycles. The number of rotatable bonds is 16. The molecule has 0 aromatic rings. The van der Waals surface area contributed by atoms with Crippen molar-refractivity contribution in [3.05, 3.63) is 10.4 Å². The first-order valence-electron chi connectivity index (χ1n) is 15.1. The first kappa shape index (κ1) is 43.8. The molecule has 268 valence electrons. The van der Waals surface area contributed by atoms with Gasteiger partial charge in [-0.1, -0.05) is 26.7 Å². The van der Waals surface area contributed by atoms with Crippen molar-refractivity contribution >= 4 is 45.7 Å². The molecule has 3 N–H and O–H groups in total. The van der Waals surface area contributed by atoms with Crippen molar-refractivity contribution < 1.29 is 38.1 Å². The van der Waals surface area contributed by atoms with E-state index in [4.69, 9.17) is 30.0 Å². The van der Waals surface area contributed by atoms with Gasteiger partial charge in [-0.15, -0.1) is 0 Å².